The van der Waals surface area contributed by atoms with Gasteiger partial charge >= 0.3 is 5.97 Å². The van der Waals surface area contributed by atoms with Crippen molar-refractivity contribution in [2.24, 2.45) is 5.92 Å². The molecule has 0 fully saturated rings. The lowest BCUT2D eigenvalue weighted by molar-refractivity contribution is -0.147. The molecule has 1 amide bonds. The van der Waals surface area contributed by atoms with Gasteiger partial charge in [-0.05, 0) is 6.08 Å². The summed E-state index contributed by atoms with van der Waals surface area (Å²) in [5.41, 5.74) is 0. The molecule has 0 saturated heterocycles. The fourth-order valence-corrected chi connectivity index (χ4v) is 0.565. The van der Waals surface area contributed by atoms with Crippen LogP contribution in [0.2, 0.25) is 0 Å². The quantitative estimate of drug-likeness (QED) is 0.385. The van der Waals surface area contributed by atoms with Crippen molar-refractivity contribution in [2.75, 3.05) is 13.2 Å². The molecule has 4 nitrogen and oxygen atoms in total. The zero-order valence-corrected chi connectivity index (χ0v) is 8.00. The molecular weight excluding hydrogens is 170 g/mol. The van der Waals surface area contributed by atoms with Gasteiger partial charge in [0.2, 0.25) is 5.91 Å². The van der Waals surface area contributed by atoms with E-state index in [1.165, 1.54) is 6.08 Å². The van der Waals surface area contributed by atoms with Gasteiger partial charge in [-0.2, -0.15) is 0 Å². The molecule has 74 valence electrons. The van der Waals surface area contributed by atoms with Crippen LogP contribution in [0.5, 0.6) is 0 Å². The standard InChI is InChI=1S/C9H15NO3/c1-4-8(11)10-5-6-13-9(12)7(2)3/h4,7H,1,5-6H2,2-3H3,(H,10,11). The number of carbonyl (C=O) groups excluding carboxylic acids is 2. The molecule has 0 atom stereocenters. The molecule has 0 rings (SSSR count). The molecular formula is C9H15NO3. The van der Waals surface area contributed by atoms with Gasteiger partial charge in [0.1, 0.15) is 6.61 Å². The smallest absolute Gasteiger partial charge is 0.308 e. The summed E-state index contributed by atoms with van der Waals surface area (Å²) in [5, 5.41) is 2.49. The summed E-state index contributed by atoms with van der Waals surface area (Å²) in [6, 6.07) is 0. The number of carbonyl (C=O) groups is 2. The van der Waals surface area contributed by atoms with Gasteiger partial charge in [0.15, 0.2) is 0 Å². The van der Waals surface area contributed by atoms with Crippen LogP contribution in [0.3, 0.4) is 0 Å². The Kier molecular flexibility index (Phi) is 5.59. The van der Waals surface area contributed by atoms with Crippen LogP contribution in [-0.4, -0.2) is 25.0 Å². The molecule has 13 heavy (non-hydrogen) atoms. The Labute approximate surface area is 78.0 Å². The van der Waals surface area contributed by atoms with Crippen molar-refractivity contribution in [3.63, 3.8) is 0 Å². The van der Waals surface area contributed by atoms with Gasteiger partial charge in [0, 0.05) is 0 Å². The predicted molar refractivity (Wildman–Crippen MR) is 49.0 cm³/mol. The molecule has 0 unspecified atom stereocenters. The first-order valence-corrected chi connectivity index (χ1v) is 4.14. The van der Waals surface area contributed by atoms with Crippen molar-refractivity contribution in [2.45, 2.75) is 13.8 Å². The van der Waals surface area contributed by atoms with Gasteiger partial charge < -0.3 is 10.1 Å². The second-order valence-electron chi connectivity index (χ2n) is 2.82. The zero-order valence-electron chi connectivity index (χ0n) is 8.00. The zero-order chi connectivity index (χ0) is 10.3. The largest absolute Gasteiger partial charge is 0.464 e. The normalized spacial score (nSPS) is 9.46. The molecule has 0 aromatic rings. The Morgan fingerprint density at radius 2 is 2.15 bits per heavy atom. The Hall–Kier alpha value is -1.32. The van der Waals surface area contributed by atoms with E-state index in [2.05, 4.69) is 11.9 Å². The summed E-state index contributed by atoms with van der Waals surface area (Å²) >= 11 is 0. The Bertz CT molecular complexity index is 199. The molecule has 0 bridgehead atoms. The van der Waals surface area contributed by atoms with Crippen LogP contribution < -0.4 is 5.32 Å². The Morgan fingerprint density at radius 1 is 1.54 bits per heavy atom. The van der Waals surface area contributed by atoms with Crippen LogP contribution in [0.15, 0.2) is 12.7 Å². The molecule has 0 aliphatic heterocycles. The SMILES string of the molecule is C=CC(=O)NCCOC(=O)C(C)C. The average molecular weight is 185 g/mol. The van der Waals surface area contributed by atoms with Crippen molar-refractivity contribution in [1.82, 2.24) is 5.32 Å². The van der Waals surface area contributed by atoms with Crippen LogP contribution in [0.25, 0.3) is 0 Å². The fraction of sp³-hybridized carbons (Fsp3) is 0.556. The highest BCUT2D eigenvalue weighted by molar-refractivity contribution is 5.86. The lowest BCUT2D eigenvalue weighted by Crippen LogP contribution is -2.27. The first kappa shape index (κ1) is 11.7. The lowest BCUT2D eigenvalue weighted by Gasteiger charge is -2.06. The van der Waals surface area contributed by atoms with Gasteiger partial charge in [-0.15, -0.1) is 0 Å². The lowest BCUT2D eigenvalue weighted by atomic mass is 10.2. The number of hydrogen-bond acceptors (Lipinski definition) is 3. The van der Waals surface area contributed by atoms with Crippen molar-refractivity contribution in [3.05, 3.63) is 12.7 Å². The maximum atomic E-state index is 10.9. The summed E-state index contributed by atoms with van der Waals surface area (Å²) in [5.74, 6) is -0.649. The number of ether oxygens (including phenoxy) is 1. The van der Waals surface area contributed by atoms with Crippen LogP contribution in [0.4, 0.5) is 0 Å². The molecule has 1 N–H and O–H groups in total. The van der Waals surface area contributed by atoms with Crippen LogP contribution in [-0.2, 0) is 14.3 Å². The van der Waals surface area contributed by atoms with Gasteiger partial charge in [0.25, 0.3) is 0 Å². The summed E-state index contributed by atoms with van der Waals surface area (Å²) in [6.45, 7) is 7.32. The highest BCUT2D eigenvalue weighted by atomic mass is 16.5. The van der Waals surface area contributed by atoms with Gasteiger partial charge in [-0.1, -0.05) is 20.4 Å². The van der Waals surface area contributed by atoms with E-state index >= 15 is 0 Å². The summed E-state index contributed by atoms with van der Waals surface area (Å²) in [4.78, 5) is 21.5. The molecule has 0 radical (unpaired) electrons. The summed E-state index contributed by atoms with van der Waals surface area (Å²) in [7, 11) is 0. The van der Waals surface area contributed by atoms with E-state index in [1.807, 2.05) is 0 Å². The molecule has 0 aliphatic rings. The number of hydrogen-bond donors (Lipinski definition) is 1. The molecule has 0 saturated carbocycles. The van der Waals surface area contributed by atoms with E-state index in [1.54, 1.807) is 13.8 Å². The Balaban J connectivity index is 3.41. The van der Waals surface area contributed by atoms with E-state index in [0.29, 0.717) is 6.54 Å². The maximum Gasteiger partial charge on any atom is 0.308 e. The van der Waals surface area contributed by atoms with E-state index in [9.17, 15) is 9.59 Å². The third-order valence-corrected chi connectivity index (χ3v) is 1.30. The predicted octanol–water partition coefficient (Wildman–Crippen LogP) is 0.488. The van der Waals surface area contributed by atoms with E-state index in [0.717, 1.165) is 0 Å². The number of esters is 1. The van der Waals surface area contributed by atoms with Crippen LogP contribution in [0, 0.1) is 5.92 Å². The van der Waals surface area contributed by atoms with E-state index in [4.69, 9.17) is 4.74 Å². The first-order valence-electron chi connectivity index (χ1n) is 4.14. The fourth-order valence-electron chi connectivity index (χ4n) is 0.565. The third-order valence-electron chi connectivity index (χ3n) is 1.30. The van der Waals surface area contributed by atoms with Gasteiger partial charge in [0.05, 0.1) is 12.5 Å². The van der Waals surface area contributed by atoms with Crippen molar-refractivity contribution < 1.29 is 14.3 Å². The monoisotopic (exact) mass is 185 g/mol. The number of nitrogens with one attached hydrogen (secondary N) is 1. The summed E-state index contributed by atoms with van der Waals surface area (Å²) < 4.78 is 4.81. The topological polar surface area (TPSA) is 55.4 Å². The number of amides is 1. The van der Waals surface area contributed by atoms with Crippen molar-refractivity contribution in [1.29, 1.82) is 0 Å². The Morgan fingerprint density at radius 3 is 2.62 bits per heavy atom. The second kappa shape index (κ2) is 6.22. The second-order valence-corrected chi connectivity index (χ2v) is 2.82. The molecule has 4 heteroatoms. The van der Waals surface area contributed by atoms with Gasteiger partial charge in [-0.3, -0.25) is 9.59 Å². The molecule has 0 aromatic heterocycles. The first-order chi connectivity index (χ1) is 6.07. The molecule has 0 spiro atoms. The molecule has 0 aromatic carbocycles. The maximum absolute atomic E-state index is 10.9. The minimum atomic E-state index is -0.263. The van der Waals surface area contributed by atoms with E-state index < -0.39 is 0 Å². The number of rotatable bonds is 5. The van der Waals surface area contributed by atoms with Crippen LogP contribution >= 0.6 is 0 Å². The van der Waals surface area contributed by atoms with Crippen molar-refractivity contribution >= 4 is 11.9 Å². The van der Waals surface area contributed by atoms with Crippen LogP contribution in [0.1, 0.15) is 13.8 Å². The summed E-state index contributed by atoms with van der Waals surface area (Å²) in [6.07, 6.45) is 1.17. The van der Waals surface area contributed by atoms with E-state index in [-0.39, 0.29) is 24.4 Å². The minimum Gasteiger partial charge on any atom is -0.464 e. The molecule has 0 aliphatic carbocycles. The minimum absolute atomic E-state index is 0.130. The molecule has 0 heterocycles. The third kappa shape index (κ3) is 5.90. The average Bonchev–Trinajstić information content (AvgIpc) is 2.11. The van der Waals surface area contributed by atoms with Crippen molar-refractivity contribution in [3.8, 4) is 0 Å². The highest BCUT2D eigenvalue weighted by Gasteiger charge is 2.07. The van der Waals surface area contributed by atoms with Gasteiger partial charge in [-0.25, -0.2) is 0 Å². The highest BCUT2D eigenvalue weighted by Crippen LogP contribution is 1.94.